The molecule has 3 N–H and O–H groups in total. The standard InChI is InChI=1S/C8H14O4/c1-2-3-8(11)4-6(10)7(5-9)12-8/h2,6-7,9-11H,1,3-5H2/t6-,7+,8-/m0/s1. The van der Waals surface area contributed by atoms with Crippen LogP contribution in [-0.2, 0) is 4.74 Å². The minimum absolute atomic E-state index is 0.129. The number of hydrogen-bond acceptors (Lipinski definition) is 4. The van der Waals surface area contributed by atoms with E-state index in [0.29, 0.717) is 0 Å². The Bertz CT molecular complexity index is 170. The molecule has 0 aromatic carbocycles. The molecule has 4 nitrogen and oxygen atoms in total. The van der Waals surface area contributed by atoms with Gasteiger partial charge in [0.05, 0.1) is 12.7 Å². The molecule has 70 valence electrons. The van der Waals surface area contributed by atoms with Gasteiger partial charge in [-0.25, -0.2) is 0 Å². The van der Waals surface area contributed by atoms with Crippen LogP contribution in [0.3, 0.4) is 0 Å². The molecule has 0 aromatic heterocycles. The lowest BCUT2D eigenvalue weighted by Crippen LogP contribution is -2.28. The van der Waals surface area contributed by atoms with Gasteiger partial charge in [-0.3, -0.25) is 0 Å². The van der Waals surface area contributed by atoms with E-state index in [1.807, 2.05) is 0 Å². The van der Waals surface area contributed by atoms with Crippen molar-refractivity contribution < 1.29 is 20.1 Å². The molecule has 3 atom stereocenters. The second-order valence-corrected chi connectivity index (χ2v) is 3.05. The number of hydrogen-bond donors (Lipinski definition) is 3. The largest absolute Gasteiger partial charge is 0.394 e. The number of aliphatic hydroxyl groups excluding tert-OH is 2. The molecule has 0 spiro atoms. The van der Waals surface area contributed by atoms with Crippen molar-refractivity contribution in [1.29, 1.82) is 0 Å². The fourth-order valence-electron chi connectivity index (χ4n) is 1.38. The summed E-state index contributed by atoms with van der Waals surface area (Å²) in [6.07, 6.45) is 0.451. The Morgan fingerprint density at radius 3 is 2.75 bits per heavy atom. The van der Waals surface area contributed by atoms with Gasteiger partial charge in [-0.15, -0.1) is 6.58 Å². The summed E-state index contributed by atoms with van der Waals surface area (Å²) in [7, 11) is 0. The first kappa shape index (κ1) is 9.67. The van der Waals surface area contributed by atoms with Crippen LogP contribution >= 0.6 is 0 Å². The zero-order chi connectivity index (χ0) is 9.19. The van der Waals surface area contributed by atoms with Gasteiger partial charge in [-0.05, 0) is 0 Å². The van der Waals surface area contributed by atoms with E-state index in [1.54, 1.807) is 0 Å². The van der Waals surface area contributed by atoms with Gasteiger partial charge in [0.2, 0.25) is 0 Å². The van der Waals surface area contributed by atoms with Crippen LogP contribution in [0.25, 0.3) is 0 Å². The Kier molecular flexibility index (Phi) is 2.85. The first-order valence-electron chi connectivity index (χ1n) is 3.91. The third-order valence-corrected chi connectivity index (χ3v) is 1.97. The maximum Gasteiger partial charge on any atom is 0.172 e. The highest BCUT2D eigenvalue weighted by Crippen LogP contribution is 2.31. The monoisotopic (exact) mass is 174 g/mol. The molecule has 0 radical (unpaired) electrons. The molecule has 4 heteroatoms. The topological polar surface area (TPSA) is 69.9 Å². The van der Waals surface area contributed by atoms with Crippen LogP contribution < -0.4 is 0 Å². The Labute approximate surface area is 71.1 Å². The zero-order valence-electron chi connectivity index (χ0n) is 6.81. The Morgan fingerprint density at radius 2 is 2.33 bits per heavy atom. The summed E-state index contributed by atoms with van der Waals surface area (Å²) >= 11 is 0. The SMILES string of the molecule is C=CC[C@@]1(O)C[C@H](O)[C@@H](CO)O1. The molecule has 1 rings (SSSR count). The predicted molar refractivity (Wildman–Crippen MR) is 42.3 cm³/mol. The first-order chi connectivity index (χ1) is 5.61. The Morgan fingerprint density at radius 1 is 1.67 bits per heavy atom. The number of aliphatic hydroxyl groups is 3. The maximum atomic E-state index is 9.60. The van der Waals surface area contributed by atoms with Crippen molar-refractivity contribution in [2.45, 2.75) is 30.8 Å². The summed E-state index contributed by atoms with van der Waals surface area (Å²) in [5, 5.41) is 27.6. The molecule has 0 saturated carbocycles. The van der Waals surface area contributed by atoms with Gasteiger partial charge < -0.3 is 20.1 Å². The van der Waals surface area contributed by atoms with Crippen molar-refractivity contribution in [3.8, 4) is 0 Å². The van der Waals surface area contributed by atoms with Crippen molar-refractivity contribution in [1.82, 2.24) is 0 Å². The fourth-order valence-corrected chi connectivity index (χ4v) is 1.38. The second kappa shape index (κ2) is 3.53. The molecule has 0 aliphatic carbocycles. The zero-order valence-corrected chi connectivity index (χ0v) is 6.81. The highest BCUT2D eigenvalue weighted by molar-refractivity contribution is 4.90. The van der Waals surface area contributed by atoms with E-state index in [0.717, 1.165) is 0 Å². The minimum atomic E-state index is -1.34. The molecular weight excluding hydrogens is 160 g/mol. The van der Waals surface area contributed by atoms with Gasteiger partial charge in [0.15, 0.2) is 5.79 Å². The van der Waals surface area contributed by atoms with Gasteiger partial charge in [0.25, 0.3) is 0 Å². The van der Waals surface area contributed by atoms with Gasteiger partial charge in [0, 0.05) is 12.8 Å². The van der Waals surface area contributed by atoms with Crippen LogP contribution in [0, 0.1) is 0 Å². The average molecular weight is 174 g/mol. The van der Waals surface area contributed by atoms with Crippen LogP contribution in [0.2, 0.25) is 0 Å². The molecule has 0 amide bonds. The van der Waals surface area contributed by atoms with Gasteiger partial charge in [0.1, 0.15) is 6.10 Å². The van der Waals surface area contributed by atoms with E-state index in [4.69, 9.17) is 9.84 Å². The van der Waals surface area contributed by atoms with Crippen molar-refractivity contribution >= 4 is 0 Å². The summed E-state index contributed by atoms with van der Waals surface area (Å²) < 4.78 is 5.04. The Balaban J connectivity index is 2.56. The normalized spacial score (nSPS) is 41.6. The molecule has 1 fully saturated rings. The van der Waals surface area contributed by atoms with E-state index in [9.17, 15) is 10.2 Å². The van der Waals surface area contributed by atoms with Gasteiger partial charge in [-0.1, -0.05) is 6.08 Å². The molecule has 0 bridgehead atoms. The predicted octanol–water partition coefficient (Wildman–Crippen LogP) is -0.607. The summed E-state index contributed by atoms with van der Waals surface area (Å²) in [5.41, 5.74) is 0. The second-order valence-electron chi connectivity index (χ2n) is 3.05. The van der Waals surface area contributed by atoms with E-state index in [2.05, 4.69) is 6.58 Å². The van der Waals surface area contributed by atoms with E-state index >= 15 is 0 Å². The van der Waals surface area contributed by atoms with Crippen molar-refractivity contribution in [3.63, 3.8) is 0 Å². The van der Waals surface area contributed by atoms with Crippen LogP contribution in [0.15, 0.2) is 12.7 Å². The van der Waals surface area contributed by atoms with Crippen molar-refractivity contribution in [2.75, 3.05) is 6.61 Å². The Hall–Kier alpha value is -0.420. The van der Waals surface area contributed by atoms with E-state index < -0.39 is 18.0 Å². The molecule has 0 aromatic rings. The quantitative estimate of drug-likeness (QED) is 0.499. The van der Waals surface area contributed by atoms with Crippen LogP contribution in [0.5, 0.6) is 0 Å². The molecule has 1 aliphatic heterocycles. The fraction of sp³-hybridized carbons (Fsp3) is 0.750. The average Bonchev–Trinajstić information content (AvgIpc) is 2.27. The molecule has 1 heterocycles. The van der Waals surface area contributed by atoms with Crippen LogP contribution in [0.1, 0.15) is 12.8 Å². The summed E-state index contributed by atoms with van der Waals surface area (Å²) in [6, 6.07) is 0. The first-order valence-corrected chi connectivity index (χ1v) is 3.91. The lowest BCUT2D eigenvalue weighted by Gasteiger charge is -2.20. The van der Waals surface area contributed by atoms with Gasteiger partial charge in [-0.2, -0.15) is 0 Å². The third kappa shape index (κ3) is 1.84. The van der Waals surface area contributed by atoms with Gasteiger partial charge >= 0.3 is 0 Å². The highest BCUT2D eigenvalue weighted by atomic mass is 16.6. The lowest BCUT2D eigenvalue weighted by molar-refractivity contribution is -0.195. The molecule has 1 saturated heterocycles. The van der Waals surface area contributed by atoms with E-state index in [-0.39, 0.29) is 19.4 Å². The van der Waals surface area contributed by atoms with Crippen molar-refractivity contribution in [2.24, 2.45) is 0 Å². The number of ether oxygens (including phenoxy) is 1. The number of rotatable bonds is 3. The van der Waals surface area contributed by atoms with E-state index in [1.165, 1.54) is 6.08 Å². The summed E-state index contributed by atoms with van der Waals surface area (Å²) in [4.78, 5) is 0. The van der Waals surface area contributed by atoms with Crippen molar-refractivity contribution in [3.05, 3.63) is 12.7 Å². The minimum Gasteiger partial charge on any atom is -0.394 e. The lowest BCUT2D eigenvalue weighted by atomic mass is 10.1. The summed E-state index contributed by atoms with van der Waals surface area (Å²) in [6.45, 7) is 3.18. The van der Waals surface area contributed by atoms with Crippen LogP contribution in [-0.4, -0.2) is 39.9 Å². The highest BCUT2D eigenvalue weighted by Gasteiger charge is 2.43. The third-order valence-electron chi connectivity index (χ3n) is 1.97. The molecule has 12 heavy (non-hydrogen) atoms. The van der Waals surface area contributed by atoms with Crippen LogP contribution in [0.4, 0.5) is 0 Å². The summed E-state index contributed by atoms with van der Waals surface area (Å²) in [5.74, 6) is -1.34. The maximum absolute atomic E-state index is 9.60. The smallest absolute Gasteiger partial charge is 0.172 e. The molecular formula is C8H14O4. The molecule has 1 aliphatic rings. The molecule has 0 unspecified atom stereocenters.